The second kappa shape index (κ2) is 6.50. The Morgan fingerprint density at radius 3 is 2.50 bits per heavy atom. The lowest BCUT2D eigenvalue weighted by Crippen LogP contribution is -2.06. The van der Waals surface area contributed by atoms with Gasteiger partial charge < -0.3 is 4.74 Å². The zero-order valence-electron chi connectivity index (χ0n) is 13.1. The molecule has 5 heteroatoms. The number of fused-ring (bicyclic) bond motifs is 1. The van der Waals surface area contributed by atoms with Crippen molar-refractivity contribution in [2.45, 2.75) is 13.5 Å². The Kier molecular flexibility index (Phi) is 4.24. The zero-order chi connectivity index (χ0) is 17.1. The van der Waals surface area contributed by atoms with Crippen molar-refractivity contribution in [3.05, 3.63) is 87.5 Å². The fourth-order valence-electron chi connectivity index (χ4n) is 2.55. The first-order chi connectivity index (χ1) is 11.5. The van der Waals surface area contributed by atoms with Crippen molar-refractivity contribution < 1.29 is 14.5 Å². The minimum atomic E-state index is -0.499. The lowest BCUT2D eigenvalue weighted by molar-refractivity contribution is -0.385. The van der Waals surface area contributed by atoms with E-state index in [0.29, 0.717) is 11.1 Å². The Bertz CT molecular complexity index is 934. The van der Waals surface area contributed by atoms with Gasteiger partial charge in [-0.2, -0.15) is 0 Å². The molecule has 0 spiro atoms. The number of nitro groups is 1. The number of rotatable bonds is 4. The Morgan fingerprint density at radius 2 is 1.79 bits per heavy atom. The van der Waals surface area contributed by atoms with Crippen molar-refractivity contribution in [3.8, 4) is 0 Å². The second-order valence-corrected chi connectivity index (χ2v) is 5.52. The van der Waals surface area contributed by atoms with Gasteiger partial charge in [0.05, 0.1) is 10.5 Å². The van der Waals surface area contributed by atoms with Gasteiger partial charge in [-0.15, -0.1) is 0 Å². The van der Waals surface area contributed by atoms with E-state index in [0.717, 1.165) is 16.3 Å². The van der Waals surface area contributed by atoms with Gasteiger partial charge in [-0.05, 0) is 41.5 Å². The van der Waals surface area contributed by atoms with Crippen LogP contribution in [0.25, 0.3) is 10.8 Å². The number of benzene rings is 3. The van der Waals surface area contributed by atoms with E-state index in [2.05, 4.69) is 0 Å². The maximum absolute atomic E-state index is 12.1. The van der Waals surface area contributed by atoms with Crippen LogP contribution < -0.4 is 0 Å². The van der Waals surface area contributed by atoms with Crippen LogP contribution in [0.15, 0.2) is 60.7 Å². The van der Waals surface area contributed by atoms with E-state index in [-0.39, 0.29) is 12.3 Å². The fraction of sp³-hybridized carbons (Fsp3) is 0.105. The molecule has 0 N–H and O–H groups in total. The lowest BCUT2D eigenvalue weighted by Gasteiger charge is -2.07. The SMILES string of the molecule is Cc1cc(C(=O)OCc2ccc3ccccc3c2)ccc1[N+](=O)[O-]. The van der Waals surface area contributed by atoms with Crippen molar-refractivity contribution in [2.75, 3.05) is 0 Å². The summed E-state index contributed by atoms with van der Waals surface area (Å²) in [7, 11) is 0. The van der Waals surface area contributed by atoms with E-state index in [1.165, 1.54) is 18.2 Å². The first-order valence-corrected chi connectivity index (χ1v) is 7.44. The Morgan fingerprint density at radius 1 is 1.04 bits per heavy atom. The number of nitro benzene ring substituents is 1. The van der Waals surface area contributed by atoms with Crippen LogP contribution in [0, 0.1) is 17.0 Å². The predicted molar refractivity (Wildman–Crippen MR) is 90.9 cm³/mol. The van der Waals surface area contributed by atoms with Crippen LogP contribution in [0.2, 0.25) is 0 Å². The van der Waals surface area contributed by atoms with Gasteiger partial charge in [0.2, 0.25) is 0 Å². The third-order valence-electron chi connectivity index (χ3n) is 3.81. The van der Waals surface area contributed by atoms with Gasteiger partial charge in [0.25, 0.3) is 5.69 Å². The molecule has 3 aromatic carbocycles. The molecule has 0 unspecified atom stereocenters. The van der Waals surface area contributed by atoms with Crippen molar-refractivity contribution in [2.24, 2.45) is 0 Å². The van der Waals surface area contributed by atoms with Crippen LogP contribution in [0.5, 0.6) is 0 Å². The van der Waals surface area contributed by atoms with E-state index in [1.54, 1.807) is 6.92 Å². The Balaban J connectivity index is 1.72. The molecular formula is C19H15NO4. The van der Waals surface area contributed by atoms with Gasteiger partial charge in [0, 0.05) is 11.6 Å². The summed E-state index contributed by atoms with van der Waals surface area (Å²) in [5.74, 6) is -0.499. The van der Waals surface area contributed by atoms with Gasteiger partial charge in [-0.1, -0.05) is 36.4 Å². The molecule has 0 amide bonds. The highest BCUT2D eigenvalue weighted by Gasteiger charge is 2.14. The molecular weight excluding hydrogens is 306 g/mol. The molecule has 24 heavy (non-hydrogen) atoms. The number of nitrogens with zero attached hydrogens (tertiary/aromatic N) is 1. The smallest absolute Gasteiger partial charge is 0.338 e. The topological polar surface area (TPSA) is 69.4 Å². The maximum Gasteiger partial charge on any atom is 0.338 e. The van der Waals surface area contributed by atoms with Crippen LogP contribution in [0.4, 0.5) is 5.69 Å². The Hall–Kier alpha value is -3.21. The second-order valence-electron chi connectivity index (χ2n) is 5.52. The number of aryl methyl sites for hydroxylation is 1. The first-order valence-electron chi connectivity index (χ1n) is 7.44. The number of hydrogen-bond donors (Lipinski definition) is 0. The number of hydrogen-bond acceptors (Lipinski definition) is 4. The number of esters is 1. The largest absolute Gasteiger partial charge is 0.457 e. The zero-order valence-corrected chi connectivity index (χ0v) is 13.1. The predicted octanol–water partition coefficient (Wildman–Crippen LogP) is 4.41. The summed E-state index contributed by atoms with van der Waals surface area (Å²) in [5, 5.41) is 13.0. The molecule has 0 atom stereocenters. The highest BCUT2D eigenvalue weighted by atomic mass is 16.6. The molecule has 0 aliphatic carbocycles. The van der Waals surface area contributed by atoms with Crippen LogP contribution >= 0.6 is 0 Å². The van der Waals surface area contributed by atoms with Gasteiger partial charge in [-0.3, -0.25) is 10.1 Å². The standard InChI is InChI=1S/C19H15NO4/c1-13-10-17(8-9-18(13)20(22)23)19(21)24-12-14-6-7-15-4-2-3-5-16(15)11-14/h2-11H,12H2,1H3. The van der Waals surface area contributed by atoms with Crippen molar-refractivity contribution in [3.63, 3.8) is 0 Å². The summed E-state index contributed by atoms with van der Waals surface area (Å²) in [6, 6.07) is 18.0. The molecule has 120 valence electrons. The van der Waals surface area contributed by atoms with Crippen LogP contribution in [0.1, 0.15) is 21.5 Å². The van der Waals surface area contributed by atoms with E-state index in [4.69, 9.17) is 4.74 Å². The number of carbonyl (C=O) groups is 1. The van der Waals surface area contributed by atoms with Crippen LogP contribution in [0.3, 0.4) is 0 Å². The summed E-state index contributed by atoms with van der Waals surface area (Å²) in [6.45, 7) is 1.75. The maximum atomic E-state index is 12.1. The molecule has 0 heterocycles. The molecule has 0 saturated heterocycles. The van der Waals surface area contributed by atoms with Crippen LogP contribution in [-0.4, -0.2) is 10.9 Å². The average molecular weight is 321 g/mol. The van der Waals surface area contributed by atoms with Crippen LogP contribution in [-0.2, 0) is 11.3 Å². The van der Waals surface area contributed by atoms with Crippen molar-refractivity contribution >= 4 is 22.4 Å². The first kappa shape index (κ1) is 15.7. The molecule has 5 nitrogen and oxygen atoms in total. The van der Waals surface area contributed by atoms with Gasteiger partial charge in [0.1, 0.15) is 6.61 Å². The molecule has 0 bridgehead atoms. The third kappa shape index (κ3) is 3.25. The van der Waals surface area contributed by atoms with Gasteiger partial charge in [0.15, 0.2) is 0 Å². The molecule has 0 fully saturated rings. The molecule has 3 rings (SSSR count). The summed E-state index contributed by atoms with van der Waals surface area (Å²) in [4.78, 5) is 22.5. The Labute approximate surface area is 138 Å². The highest BCUT2D eigenvalue weighted by Crippen LogP contribution is 2.20. The molecule has 0 aliphatic rings. The molecule has 0 aromatic heterocycles. The summed E-state index contributed by atoms with van der Waals surface area (Å²) in [6.07, 6.45) is 0. The minimum absolute atomic E-state index is 0.0129. The molecule has 0 radical (unpaired) electrons. The van der Waals surface area contributed by atoms with Gasteiger partial charge in [-0.25, -0.2) is 4.79 Å². The van der Waals surface area contributed by atoms with Crippen molar-refractivity contribution in [1.29, 1.82) is 0 Å². The van der Waals surface area contributed by atoms with E-state index < -0.39 is 10.9 Å². The van der Waals surface area contributed by atoms with E-state index >= 15 is 0 Å². The summed E-state index contributed by atoms with van der Waals surface area (Å²) in [5.41, 5.74) is 1.61. The molecule has 0 aliphatic heterocycles. The van der Waals surface area contributed by atoms with E-state index in [1.807, 2.05) is 42.5 Å². The molecule has 0 saturated carbocycles. The van der Waals surface area contributed by atoms with Crippen molar-refractivity contribution in [1.82, 2.24) is 0 Å². The normalized spacial score (nSPS) is 10.5. The number of ether oxygens (including phenoxy) is 1. The van der Waals surface area contributed by atoms with Gasteiger partial charge >= 0.3 is 5.97 Å². The monoisotopic (exact) mass is 321 g/mol. The molecule has 3 aromatic rings. The minimum Gasteiger partial charge on any atom is -0.457 e. The highest BCUT2D eigenvalue weighted by molar-refractivity contribution is 5.90. The summed E-state index contributed by atoms with van der Waals surface area (Å²) < 4.78 is 5.31. The lowest BCUT2D eigenvalue weighted by atomic mass is 10.1. The quantitative estimate of drug-likeness (QED) is 0.405. The summed E-state index contributed by atoms with van der Waals surface area (Å²) >= 11 is 0. The third-order valence-corrected chi connectivity index (χ3v) is 3.81. The van der Waals surface area contributed by atoms with E-state index in [9.17, 15) is 14.9 Å². The fourth-order valence-corrected chi connectivity index (χ4v) is 2.55. The number of carbonyl (C=O) groups excluding carboxylic acids is 1. The average Bonchev–Trinajstić information content (AvgIpc) is 2.59.